The maximum atomic E-state index is 12.2. The second-order valence-corrected chi connectivity index (χ2v) is 5.92. The van der Waals surface area contributed by atoms with E-state index in [0.717, 1.165) is 25.7 Å². The third-order valence-electron chi connectivity index (χ3n) is 4.04. The van der Waals surface area contributed by atoms with Gasteiger partial charge in [0.05, 0.1) is 11.1 Å². The molecule has 0 radical (unpaired) electrons. The molecule has 3 nitrogen and oxygen atoms in total. The molecule has 0 unspecified atom stereocenters. The summed E-state index contributed by atoms with van der Waals surface area (Å²) in [5, 5.41) is 3.87. The Morgan fingerprint density at radius 1 is 1.23 bits per heavy atom. The Balaban J connectivity index is 0.00000242. The summed E-state index contributed by atoms with van der Waals surface area (Å²) >= 11 is 11.7. The monoisotopic (exact) mass is 363 g/mol. The van der Waals surface area contributed by atoms with Crippen LogP contribution in [0.3, 0.4) is 0 Å². The zero-order valence-electron chi connectivity index (χ0n) is 12.4. The van der Waals surface area contributed by atoms with Gasteiger partial charge in [0.15, 0.2) is 0 Å². The van der Waals surface area contributed by atoms with Crippen LogP contribution in [-0.4, -0.2) is 18.6 Å². The minimum atomic E-state index is -0.418. The standard InChI is InChI=1S/C16H19Cl2NO2.ClH/c1-19-16(9-3-2-4-10-16)14(11-17)21-15(20)12-5-7-13(18)8-6-12;/h5-8,11,19H,2-4,9-10H2,1H3;1H/b14-11-;. The van der Waals surface area contributed by atoms with E-state index >= 15 is 0 Å². The molecule has 1 fully saturated rings. The van der Waals surface area contributed by atoms with E-state index in [0.29, 0.717) is 16.3 Å². The molecule has 0 atom stereocenters. The van der Waals surface area contributed by atoms with Crippen LogP contribution < -0.4 is 5.32 Å². The van der Waals surface area contributed by atoms with Gasteiger partial charge in [-0.05, 0) is 44.2 Å². The summed E-state index contributed by atoms with van der Waals surface area (Å²) in [6.07, 6.45) is 5.21. The average Bonchev–Trinajstić information content (AvgIpc) is 2.53. The fourth-order valence-corrected chi connectivity index (χ4v) is 3.12. The Labute approximate surface area is 147 Å². The maximum Gasteiger partial charge on any atom is 0.343 e. The molecular weight excluding hydrogens is 345 g/mol. The van der Waals surface area contributed by atoms with Crippen molar-refractivity contribution < 1.29 is 9.53 Å². The van der Waals surface area contributed by atoms with Crippen LogP contribution in [0.2, 0.25) is 5.02 Å². The molecule has 0 saturated heterocycles. The summed E-state index contributed by atoms with van der Waals surface area (Å²) in [5.41, 5.74) is 1.48. The van der Waals surface area contributed by atoms with Crippen LogP contribution in [0.1, 0.15) is 42.5 Å². The molecule has 1 aromatic carbocycles. The zero-order chi connectivity index (χ0) is 15.3. The second kappa shape index (κ2) is 8.78. The largest absolute Gasteiger partial charge is 0.425 e. The fraction of sp³-hybridized carbons (Fsp3) is 0.438. The first kappa shape index (κ1) is 19.3. The molecule has 1 N–H and O–H groups in total. The molecule has 122 valence electrons. The number of nitrogens with one attached hydrogen (secondary N) is 1. The van der Waals surface area contributed by atoms with Gasteiger partial charge in [0.25, 0.3) is 0 Å². The molecule has 0 aromatic heterocycles. The number of likely N-dealkylation sites (N-methyl/N-ethyl adjacent to an activating group) is 1. The van der Waals surface area contributed by atoms with Crippen LogP contribution >= 0.6 is 35.6 Å². The molecule has 1 aliphatic rings. The Hall–Kier alpha value is -0.740. The highest BCUT2D eigenvalue weighted by Gasteiger charge is 2.37. The van der Waals surface area contributed by atoms with Gasteiger partial charge in [0.2, 0.25) is 0 Å². The Bertz CT molecular complexity index is 523. The third kappa shape index (κ3) is 4.39. The van der Waals surface area contributed by atoms with Crippen LogP contribution in [0.25, 0.3) is 0 Å². The van der Waals surface area contributed by atoms with E-state index in [1.54, 1.807) is 24.3 Å². The molecule has 2 rings (SSSR count). The molecule has 0 aliphatic heterocycles. The topological polar surface area (TPSA) is 38.3 Å². The fourth-order valence-electron chi connectivity index (χ4n) is 2.74. The number of halogens is 3. The van der Waals surface area contributed by atoms with Crippen molar-refractivity contribution in [3.63, 3.8) is 0 Å². The first-order chi connectivity index (χ1) is 10.1. The number of rotatable bonds is 4. The quantitative estimate of drug-likeness (QED) is 0.608. The molecule has 1 aromatic rings. The molecule has 1 saturated carbocycles. The van der Waals surface area contributed by atoms with Gasteiger partial charge in [0.1, 0.15) is 5.76 Å². The lowest BCUT2D eigenvalue weighted by Gasteiger charge is -2.37. The molecule has 0 heterocycles. The highest BCUT2D eigenvalue weighted by Crippen LogP contribution is 2.35. The second-order valence-electron chi connectivity index (χ2n) is 5.26. The van der Waals surface area contributed by atoms with E-state index in [9.17, 15) is 4.79 Å². The smallest absolute Gasteiger partial charge is 0.343 e. The number of hydrogen-bond donors (Lipinski definition) is 1. The Morgan fingerprint density at radius 2 is 1.82 bits per heavy atom. The van der Waals surface area contributed by atoms with E-state index in [-0.39, 0.29) is 17.9 Å². The van der Waals surface area contributed by atoms with Crippen LogP contribution in [0.5, 0.6) is 0 Å². The van der Waals surface area contributed by atoms with Gasteiger partial charge in [-0.3, -0.25) is 0 Å². The van der Waals surface area contributed by atoms with E-state index < -0.39 is 5.97 Å². The first-order valence-electron chi connectivity index (χ1n) is 7.09. The lowest BCUT2D eigenvalue weighted by atomic mass is 9.80. The van der Waals surface area contributed by atoms with Crippen molar-refractivity contribution in [2.24, 2.45) is 0 Å². The van der Waals surface area contributed by atoms with Gasteiger partial charge in [-0.2, -0.15) is 0 Å². The lowest BCUT2D eigenvalue weighted by Crippen LogP contribution is -2.47. The predicted octanol–water partition coefficient (Wildman–Crippen LogP) is 4.92. The normalized spacial score (nSPS) is 17.5. The van der Waals surface area contributed by atoms with Gasteiger partial charge in [0, 0.05) is 10.6 Å². The predicted molar refractivity (Wildman–Crippen MR) is 92.9 cm³/mol. The van der Waals surface area contributed by atoms with Crippen molar-refractivity contribution >= 4 is 41.6 Å². The van der Waals surface area contributed by atoms with Crippen LogP contribution in [0.4, 0.5) is 0 Å². The van der Waals surface area contributed by atoms with E-state index in [2.05, 4.69) is 5.32 Å². The van der Waals surface area contributed by atoms with Gasteiger partial charge in [-0.25, -0.2) is 4.79 Å². The minimum absolute atomic E-state index is 0. The van der Waals surface area contributed by atoms with Crippen molar-refractivity contribution in [1.29, 1.82) is 0 Å². The van der Waals surface area contributed by atoms with Crippen LogP contribution in [0.15, 0.2) is 35.6 Å². The van der Waals surface area contributed by atoms with E-state index in [1.165, 1.54) is 12.0 Å². The van der Waals surface area contributed by atoms with Gasteiger partial charge < -0.3 is 10.1 Å². The zero-order valence-corrected chi connectivity index (χ0v) is 14.7. The molecule has 6 heteroatoms. The Kier molecular flexibility index (Phi) is 7.70. The van der Waals surface area contributed by atoms with Crippen molar-refractivity contribution in [3.8, 4) is 0 Å². The SMILES string of the molecule is CNC1(/C(=C/Cl)OC(=O)c2ccc(Cl)cc2)CCCCC1.Cl. The van der Waals surface area contributed by atoms with Crippen molar-refractivity contribution in [2.75, 3.05) is 7.05 Å². The molecule has 22 heavy (non-hydrogen) atoms. The summed E-state index contributed by atoms with van der Waals surface area (Å²) in [7, 11) is 1.88. The molecule has 0 amide bonds. The van der Waals surface area contributed by atoms with E-state index in [1.807, 2.05) is 7.05 Å². The summed E-state index contributed by atoms with van der Waals surface area (Å²) in [6, 6.07) is 6.61. The van der Waals surface area contributed by atoms with E-state index in [4.69, 9.17) is 27.9 Å². The lowest BCUT2D eigenvalue weighted by molar-refractivity contribution is 0.0534. The minimum Gasteiger partial charge on any atom is -0.425 e. The van der Waals surface area contributed by atoms with Crippen molar-refractivity contribution in [3.05, 3.63) is 46.1 Å². The molecule has 1 aliphatic carbocycles. The number of benzene rings is 1. The van der Waals surface area contributed by atoms with Gasteiger partial charge in [-0.15, -0.1) is 12.4 Å². The highest BCUT2D eigenvalue weighted by atomic mass is 35.5. The number of ether oxygens (including phenoxy) is 1. The van der Waals surface area contributed by atoms with Crippen molar-refractivity contribution in [2.45, 2.75) is 37.6 Å². The average molecular weight is 365 g/mol. The van der Waals surface area contributed by atoms with Crippen LogP contribution in [-0.2, 0) is 4.74 Å². The molecule has 0 spiro atoms. The number of carbonyl (C=O) groups is 1. The van der Waals surface area contributed by atoms with Crippen LogP contribution in [0, 0.1) is 0 Å². The highest BCUT2D eigenvalue weighted by molar-refractivity contribution is 6.30. The third-order valence-corrected chi connectivity index (χ3v) is 4.49. The summed E-state index contributed by atoms with van der Waals surface area (Å²) in [4.78, 5) is 12.2. The summed E-state index contributed by atoms with van der Waals surface area (Å²) in [6.45, 7) is 0. The van der Waals surface area contributed by atoms with Crippen molar-refractivity contribution in [1.82, 2.24) is 5.32 Å². The number of carbonyl (C=O) groups excluding carboxylic acids is 1. The summed E-state index contributed by atoms with van der Waals surface area (Å²) < 4.78 is 5.54. The Morgan fingerprint density at radius 3 is 2.32 bits per heavy atom. The van der Waals surface area contributed by atoms with Gasteiger partial charge >= 0.3 is 5.97 Å². The molecular formula is C16H20Cl3NO2. The first-order valence-corrected chi connectivity index (χ1v) is 7.90. The summed E-state index contributed by atoms with van der Waals surface area (Å²) in [5.74, 6) is 0.0741. The molecule has 0 bridgehead atoms. The number of esters is 1. The number of hydrogen-bond acceptors (Lipinski definition) is 3. The van der Waals surface area contributed by atoms with Gasteiger partial charge in [-0.1, -0.05) is 42.5 Å². The maximum absolute atomic E-state index is 12.2.